The third kappa shape index (κ3) is 16.3. The number of fused-ring (bicyclic) bond motifs is 12. The number of ketones is 2. The van der Waals surface area contributed by atoms with E-state index in [4.69, 9.17) is 87.3 Å². The number of hydrogen-bond acceptors (Lipinski definition) is 24. The van der Waals surface area contributed by atoms with Crippen molar-refractivity contribution in [2.24, 2.45) is 47.0 Å². The van der Waals surface area contributed by atoms with Gasteiger partial charge in [0.1, 0.15) is 82.4 Å². The molecule has 38 atom stereocenters. The maximum Gasteiger partial charge on any atom is 0.172 e. The van der Waals surface area contributed by atoms with E-state index in [-0.39, 0.29) is 219 Å². The lowest BCUT2D eigenvalue weighted by Gasteiger charge is -2.47. The fourth-order valence-corrected chi connectivity index (χ4v) is 22.6. The van der Waals surface area contributed by atoms with Crippen LogP contribution < -0.4 is 11.5 Å². The number of carbonyl (C=O) groups is 2. The van der Waals surface area contributed by atoms with Crippen LogP contribution in [0, 0.1) is 35.5 Å². The molecular formula is C82H124N2O22S. The predicted octanol–water partition coefficient (Wildman–Crippen LogP) is 7.78. The average molecular weight is 1520 g/mol. The molecular weight excluding hydrogens is 1400 g/mol. The van der Waals surface area contributed by atoms with E-state index < -0.39 is 33.6 Å². The molecule has 20 rings (SSSR count). The van der Waals surface area contributed by atoms with Gasteiger partial charge in [0.2, 0.25) is 0 Å². The van der Waals surface area contributed by atoms with Crippen LogP contribution in [0.3, 0.4) is 0 Å². The molecule has 0 amide bonds. The number of rotatable bonds is 6. The lowest BCUT2D eigenvalue weighted by atomic mass is 9.78. The number of carbonyl (C=O) groups excluding carboxylic acids is 2. The van der Waals surface area contributed by atoms with Crippen molar-refractivity contribution in [3.63, 3.8) is 0 Å². The fraction of sp³-hybridized carbons (Fsp3) is 0.878. The van der Waals surface area contributed by atoms with E-state index in [1.54, 1.807) is 0 Å². The first-order valence-corrected chi connectivity index (χ1v) is 43.7. The predicted molar refractivity (Wildman–Crippen MR) is 390 cm³/mol. The van der Waals surface area contributed by atoms with Crippen LogP contribution in [-0.2, 0) is 95.2 Å². The molecule has 0 aliphatic carbocycles. The molecule has 24 nitrogen and oxygen atoms in total. The molecule has 20 heterocycles. The van der Waals surface area contributed by atoms with Crippen molar-refractivity contribution in [2.75, 3.05) is 25.6 Å². The molecule has 600 valence electrons. The normalized spacial score (nSPS) is 51.2. The van der Waals surface area contributed by atoms with E-state index in [0.717, 1.165) is 125 Å². The minimum absolute atomic E-state index is 0.00127. The molecule has 6 N–H and O–H groups in total. The smallest absolute Gasteiger partial charge is 0.172 e. The van der Waals surface area contributed by atoms with E-state index in [1.165, 1.54) is 0 Å². The number of aliphatic hydroxyl groups excluding tert-OH is 2. The van der Waals surface area contributed by atoms with Gasteiger partial charge in [-0.25, -0.2) is 8.42 Å². The highest BCUT2D eigenvalue weighted by atomic mass is 32.2. The van der Waals surface area contributed by atoms with E-state index in [1.807, 2.05) is 0 Å². The molecule has 2 spiro atoms. The van der Waals surface area contributed by atoms with Crippen molar-refractivity contribution >= 4 is 21.4 Å². The van der Waals surface area contributed by atoms with Gasteiger partial charge in [-0.1, -0.05) is 54.0 Å². The molecule has 6 unspecified atom stereocenters. The summed E-state index contributed by atoms with van der Waals surface area (Å²) in [6, 6.07) is 0. The summed E-state index contributed by atoms with van der Waals surface area (Å²) in [5.74, 6) is -0.444. The lowest BCUT2D eigenvalue weighted by molar-refractivity contribution is -0.292. The van der Waals surface area contributed by atoms with Crippen molar-refractivity contribution in [2.45, 2.75) is 389 Å². The van der Waals surface area contributed by atoms with Gasteiger partial charge < -0.3 is 97.5 Å². The van der Waals surface area contributed by atoms with Crippen LogP contribution in [0.5, 0.6) is 0 Å². The van der Waals surface area contributed by atoms with Gasteiger partial charge in [-0.2, -0.15) is 0 Å². The second-order valence-electron chi connectivity index (χ2n) is 36.3. The summed E-state index contributed by atoms with van der Waals surface area (Å²) < 4.78 is 127. The minimum Gasteiger partial charge on any atom is -0.392 e. The number of sulfone groups is 1. The lowest BCUT2D eigenvalue weighted by Crippen LogP contribution is -2.61. The standard InChI is InChI=1S/2C40H59NO10.C2H6O2S/c2*1-19-11-25-5-7-29-20(2)12-27(44-29)9-10-40-17-34-36(50-40)37-38(49-34)39(51-40)35-30(48-37)8-6-26(46-35)13-23(42)14-28-22(4)31(15-24(43)18-41)47-33(28)16-32(45-25)21(19)3;1-5(2,3)4/h2*19,22,24-39,43H,2-3,5-18,41H2,1,4H3;1-2H3/t2*19-,22-,24+,25+,26?,27+,28-,29?,30+,31-,32?,33+,34-,35+,36+,37+,38-,39+,40+;/m11./s1. The maximum absolute atomic E-state index is 14.0. The van der Waals surface area contributed by atoms with Crippen LogP contribution in [0.25, 0.3) is 0 Å². The highest BCUT2D eigenvalue weighted by Crippen LogP contribution is 2.58. The van der Waals surface area contributed by atoms with Gasteiger partial charge in [0.25, 0.3) is 0 Å². The third-order valence-corrected chi connectivity index (χ3v) is 28.4. The van der Waals surface area contributed by atoms with Crippen LogP contribution in [0.1, 0.15) is 195 Å². The Hall–Kier alpha value is -2.55. The Bertz CT molecular complexity index is 3170. The van der Waals surface area contributed by atoms with Crippen molar-refractivity contribution in [3.05, 3.63) is 48.6 Å². The number of nitrogens with two attached hydrogens (primary N) is 2. The number of aliphatic hydroxyl groups is 2. The molecule has 20 saturated heterocycles. The van der Waals surface area contributed by atoms with Gasteiger partial charge in [-0.3, -0.25) is 9.59 Å². The van der Waals surface area contributed by atoms with Crippen LogP contribution in [-0.4, -0.2) is 250 Å². The molecule has 25 heteroatoms. The van der Waals surface area contributed by atoms with E-state index in [9.17, 15) is 28.2 Å². The van der Waals surface area contributed by atoms with Crippen LogP contribution in [0.15, 0.2) is 48.6 Å². The topological polar surface area (TPSA) is 308 Å². The second kappa shape index (κ2) is 31.6. The summed E-state index contributed by atoms with van der Waals surface area (Å²) in [6.07, 6.45) is 15.2. The van der Waals surface area contributed by atoms with Gasteiger partial charge in [-0.05, 0) is 148 Å². The first-order valence-electron chi connectivity index (χ1n) is 41.4. The van der Waals surface area contributed by atoms with Gasteiger partial charge >= 0.3 is 0 Å². The maximum atomic E-state index is 14.0. The van der Waals surface area contributed by atoms with Gasteiger partial charge in [0.15, 0.2) is 11.6 Å². The van der Waals surface area contributed by atoms with Crippen LogP contribution in [0.2, 0.25) is 0 Å². The summed E-state index contributed by atoms with van der Waals surface area (Å²) in [5, 5.41) is 21.0. The van der Waals surface area contributed by atoms with Crippen molar-refractivity contribution in [1.82, 2.24) is 0 Å². The van der Waals surface area contributed by atoms with Gasteiger partial charge in [0, 0.05) is 103 Å². The third-order valence-electron chi connectivity index (χ3n) is 28.4. The minimum atomic E-state index is -2.67. The molecule has 0 aromatic carbocycles. The Kier molecular flexibility index (Phi) is 23.1. The SMILES string of the molecule is C=C1C[C@@H]2CC[C@@]34C[C@H]5O[C@H]6[C@@H](O3)[C@H]3OC(CC[C@@H]3O[C@H]6[C@H]5O4)CC(=O)C[C@@H]3[C@@H](C)[C@@H](C[C@H](O)CN)O[C@H]3CC3O[C@@H](CCC1O2)C[C@@H](C)C3=C.C=C1C[C@@H]2CC[C@@]34C[C@H]5O[C@H]6[C@@H](O3)[C@H]3OC(CC[C@@H]3O[C@H]6[C@H]5O4)CC(=O)C[C@@H]3[C@@H](C)[C@@H](C[C@H](O)CN)O[C@H]3CC3O[C@@H](CCC1O2)C[C@@H](C)C3=C.CS(C)(=O)=O. The Morgan fingerprint density at radius 2 is 0.757 bits per heavy atom. The Balaban J connectivity index is 0.000000154. The van der Waals surface area contributed by atoms with E-state index in [2.05, 4.69) is 54.0 Å². The van der Waals surface area contributed by atoms with Crippen molar-refractivity contribution in [1.29, 1.82) is 0 Å². The molecule has 20 aliphatic rings. The quantitative estimate of drug-likeness (QED) is 0.184. The highest BCUT2D eigenvalue weighted by molar-refractivity contribution is 7.89. The largest absolute Gasteiger partial charge is 0.392 e. The molecule has 20 aliphatic heterocycles. The number of ether oxygens (including phenoxy) is 16. The molecule has 0 radical (unpaired) electrons. The Labute approximate surface area is 632 Å². The van der Waals surface area contributed by atoms with Gasteiger partial charge in [0.05, 0.1) is 122 Å². The Morgan fingerprint density at radius 1 is 0.402 bits per heavy atom. The van der Waals surface area contributed by atoms with E-state index in [0.29, 0.717) is 88.9 Å². The zero-order chi connectivity index (χ0) is 74.9. The molecule has 107 heavy (non-hydrogen) atoms. The number of hydrogen-bond donors (Lipinski definition) is 4. The fourth-order valence-electron chi connectivity index (χ4n) is 22.6. The van der Waals surface area contributed by atoms with Gasteiger partial charge in [-0.15, -0.1) is 0 Å². The molecule has 0 aromatic heterocycles. The summed E-state index contributed by atoms with van der Waals surface area (Å²) in [6.45, 7) is 27.0. The monoisotopic (exact) mass is 1520 g/mol. The zero-order valence-electron chi connectivity index (χ0n) is 64.0. The second-order valence-corrected chi connectivity index (χ2v) is 38.6. The van der Waals surface area contributed by atoms with Crippen molar-refractivity contribution in [3.8, 4) is 0 Å². The van der Waals surface area contributed by atoms with E-state index >= 15 is 0 Å². The molecule has 0 saturated carbocycles. The highest BCUT2D eigenvalue weighted by Gasteiger charge is 2.71. The van der Waals surface area contributed by atoms with Crippen LogP contribution >= 0.6 is 0 Å². The molecule has 20 fully saturated rings. The average Bonchev–Trinajstić information content (AvgIpc) is 1.55. The first kappa shape index (κ1) is 78.3. The zero-order valence-corrected chi connectivity index (χ0v) is 64.9. The van der Waals surface area contributed by atoms with Crippen molar-refractivity contribution < 1.29 is 104 Å². The summed E-state index contributed by atoms with van der Waals surface area (Å²) in [7, 11) is -2.67. The van der Waals surface area contributed by atoms with Crippen LogP contribution in [0.4, 0.5) is 0 Å². The summed E-state index contributed by atoms with van der Waals surface area (Å²) in [4.78, 5) is 28.0. The first-order chi connectivity index (χ1) is 51.1. The Morgan fingerprint density at radius 3 is 1.16 bits per heavy atom. The molecule has 0 aromatic rings. The number of Topliss-reactive ketones (excluding diaryl/α,β-unsaturated/α-hetero) is 2. The summed E-state index contributed by atoms with van der Waals surface area (Å²) in [5.41, 5.74) is 16.1. The molecule has 24 bridgehead atoms. The summed E-state index contributed by atoms with van der Waals surface area (Å²) >= 11 is 0.